The Morgan fingerprint density at radius 3 is 2.59 bits per heavy atom. The van der Waals surface area contributed by atoms with E-state index in [-0.39, 0.29) is 17.2 Å². The summed E-state index contributed by atoms with van der Waals surface area (Å²) >= 11 is 5.77. The number of nitrogens with one attached hydrogen (secondary N) is 1. The number of carbonyl (C=O) groups is 1. The first-order chi connectivity index (χ1) is 7.91. The Hall–Kier alpha value is -1.00. The van der Waals surface area contributed by atoms with Crippen LogP contribution in [0.2, 0.25) is 5.22 Å². The molecular weight excluding hydrogens is 240 g/mol. The van der Waals surface area contributed by atoms with Gasteiger partial charge >= 0.3 is 0 Å². The number of amides is 1. The highest BCUT2D eigenvalue weighted by atomic mass is 35.5. The van der Waals surface area contributed by atoms with Crippen molar-refractivity contribution in [2.75, 3.05) is 20.6 Å². The SMILES string of the molecule is CC(C)C(CN(C)C)NC(=O)c1ccoc1Cl. The summed E-state index contributed by atoms with van der Waals surface area (Å²) in [5.74, 6) is 0.163. The van der Waals surface area contributed by atoms with Gasteiger partial charge in [0.1, 0.15) is 0 Å². The van der Waals surface area contributed by atoms with E-state index in [1.807, 2.05) is 19.0 Å². The number of furan rings is 1. The number of halogens is 1. The first-order valence-corrected chi connectivity index (χ1v) is 5.98. The fraction of sp³-hybridized carbons (Fsp3) is 0.583. The van der Waals surface area contributed by atoms with E-state index in [0.717, 1.165) is 6.54 Å². The minimum atomic E-state index is -0.190. The normalized spacial score (nSPS) is 13.1. The van der Waals surface area contributed by atoms with Crippen molar-refractivity contribution in [3.8, 4) is 0 Å². The van der Waals surface area contributed by atoms with Crippen molar-refractivity contribution in [2.45, 2.75) is 19.9 Å². The van der Waals surface area contributed by atoms with Crippen LogP contribution >= 0.6 is 11.6 Å². The molecule has 0 aliphatic rings. The monoisotopic (exact) mass is 258 g/mol. The van der Waals surface area contributed by atoms with Crippen LogP contribution < -0.4 is 5.32 Å². The summed E-state index contributed by atoms with van der Waals surface area (Å²) in [7, 11) is 3.96. The Morgan fingerprint density at radius 1 is 1.53 bits per heavy atom. The van der Waals surface area contributed by atoms with Gasteiger partial charge in [0.2, 0.25) is 5.22 Å². The number of carbonyl (C=O) groups excluding carboxylic acids is 1. The molecule has 0 saturated carbocycles. The summed E-state index contributed by atoms with van der Waals surface area (Å²) in [6.07, 6.45) is 1.41. The maximum Gasteiger partial charge on any atom is 0.256 e. The van der Waals surface area contributed by atoms with Crippen LogP contribution in [0, 0.1) is 5.92 Å². The molecule has 0 radical (unpaired) electrons. The van der Waals surface area contributed by atoms with E-state index < -0.39 is 0 Å². The molecule has 0 bridgehead atoms. The third-order valence-corrected chi connectivity index (χ3v) is 2.84. The third kappa shape index (κ3) is 4.06. The number of nitrogens with zero attached hydrogens (tertiary/aromatic N) is 1. The molecule has 1 rings (SSSR count). The molecule has 1 unspecified atom stereocenters. The van der Waals surface area contributed by atoms with Gasteiger partial charge in [-0.25, -0.2) is 0 Å². The van der Waals surface area contributed by atoms with Gasteiger partial charge in [0.25, 0.3) is 5.91 Å². The predicted molar refractivity (Wildman–Crippen MR) is 68.4 cm³/mol. The van der Waals surface area contributed by atoms with E-state index in [2.05, 4.69) is 19.2 Å². The molecule has 0 aliphatic heterocycles. The second-order valence-corrected chi connectivity index (χ2v) is 5.04. The largest absolute Gasteiger partial charge is 0.452 e. The van der Waals surface area contributed by atoms with E-state index in [1.165, 1.54) is 6.26 Å². The van der Waals surface area contributed by atoms with E-state index >= 15 is 0 Å². The highest BCUT2D eigenvalue weighted by Crippen LogP contribution is 2.17. The fourth-order valence-corrected chi connectivity index (χ4v) is 1.72. The van der Waals surface area contributed by atoms with Gasteiger partial charge in [-0.1, -0.05) is 13.8 Å². The van der Waals surface area contributed by atoms with Gasteiger partial charge in [0.05, 0.1) is 11.8 Å². The molecule has 5 heteroatoms. The first-order valence-electron chi connectivity index (χ1n) is 5.60. The van der Waals surface area contributed by atoms with Crippen LogP contribution in [0.5, 0.6) is 0 Å². The molecule has 0 fully saturated rings. The van der Waals surface area contributed by atoms with Crippen LogP contribution in [-0.4, -0.2) is 37.5 Å². The third-order valence-electron chi connectivity index (χ3n) is 2.55. The van der Waals surface area contributed by atoms with Crippen LogP contribution in [0.3, 0.4) is 0 Å². The van der Waals surface area contributed by atoms with E-state index in [0.29, 0.717) is 11.5 Å². The lowest BCUT2D eigenvalue weighted by atomic mass is 10.0. The predicted octanol–water partition coefficient (Wildman–Crippen LogP) is 2.25. The zero-order valence-electron chi connectivity index (χ0n) is 10.7. The topological polar surface area (TPSA) is 45.5 Å². The summed E-state index contributed by atoms with van der Waals surface area (Å²) in [6, 6.07) is 1.66. The molecule has 17 heavy (non-hydrogen) atoms. The van der Waals surface area contributed by atoms with E-state index in [9.17, 15) is 4.79 Å². The minimum Gasteiger partial charge on any atom is -0.452 e. The Kier molecular flexibility index (Phi) is 5.02. The Labute approximate surface area is 107 Å². The lowest BCUT2D eigenvalue weighted by molar-refractivity contribution is 0.0916. The average molecular weight is 259 g/mol. The number of likely N-dealkylation sites (N-methyl/N-ethyl adjacent to an activating group) is 1. The van der Waals surface area contributed by atoms with Crippen LogP contribution in [0.25, 0.3) is 0 Å². The quantitative estimate of drug-likeness (QED) is 0.881. The molecule has 0 aromatic carbocycles. The number of hydrogen-bond donors (Lipinski definition) is 1. The molecule has 0 saturated heterocycles. The van der Waals surface area contributed by atoms with Gasteiger partial charge in [0, 0.05) is 12.6 Å². The standard InChI is InChI=1S/C12H19ClN2O2/c1-8(2)10(7-15(3)4)14-12(16)9-5-6-17-11(9)13/h5-6,8,10H,7H2,1-4H3,(H,14,16). The zero-order valence-corrected chi connectivity index (χ0v) is 11.4. The zero-order chi connectivity index (χ0) is 13.0. The molecule has 1 aromatic rings. The Balaban J connectivity index is 2.68. The molecule has 1 atom stereocenters. The van der Waals surface area contributed by atoms with E-state index in [4.69, 9.17) is 16.0 Å². The highest BCUT2D eigenvalue weighted by molar-refractivity contribution is 6.32. The van der Waals surface area contributed by atoms with Crippen molar-refractivity contribution < 1.29 is 9.21 Å². The molecular formula is C12H19ClN2O2. The van der Waals surface area contributed by atoms with Crippen molar-refractivity contribution in [2.24, 2.45) is 5.92 Å². The van der Waals surface area contributed by atoms with Crippen molar-refractivity contribution in [1.29, 1.82) is 0 Å². The fourth-order valence-electron chi connectivity index (χ4n) is 1.52. The Morgan fingerprint density at radius 2 is 2.18 bits per heavy atom. The smallest absolute Gasteiger partial charge is 0.256 e. The summed E-state index contributed by atoms with van der Waals surface area (Å²) in [6.45, 7) is 4.94. The maximum absolute atomic E-state index is 11.9. The lowest BCUT2D eigenvalue weighted by Gasteiger charge is -2.25. The van der Waals surface area contributed by atoms with E-state index in [1.54, 1.807) is 6.07 Å². The van der Waals surface area contributed by atoms with Gasteiger partial charge in [-0.05, 0) is 37.7 Å². The second-order valence-electron chi connectivity index (χ2n) is 4.69. The molecule has 1 aromatic heterocycles. The van der Waals surface area contributed by atoms with Crippen molar-refractivity contribution in [3.63, 3.8) is 0 Å². The highest BCUT2D eigenvalue weighted by Gasteiger charge is 2.20. The minimum absolute atomic E-state index is 0.0865. The number of hydrogen-bond acceptors (Lipinski definition) is 3. The maximum atomic E-state index is 11.9. The number of rotatable bonds is 5. The van der Waals surface area contributed by atoms with Gasteiger partial charge in [-0.15, -0.1) is 0 Å². The first kappa shape index (κ1) is 14.1. The van der Waals surface area contributed by atoms with Crippen molar-refractivity contribution in [3.05, 3.63) is 23.1 Å². The molecule has 1 amide bonds. The van der Waals surface area contributed by atoms with Crippen molar-refractivity contribution >= 4 is 17.5 Å². The van der Waals surface area contributed by atoms with Crippen LogP contribution in [-0.2, 0) is 0 Å². The molecule has 0 aliphatic carbocycles. The Bertz CT molecular complexity index is 374. The molecule has 4 nitrogen and oxygen atoms in total. The van der Waals surface area contributed by atoms with Crippen LogP contribution in [0.4, 0.5) is 0 Å². The van der Waals surface area contributed by atoms with Crippen molar-refractivity contribution in [1.82, 2.24) is 10.2 Å². The lowest BCUT2D eigenvalue weighted by Crippen LogP contribution is -2.44. The summed E-state index contributed by atoms with van der Waals surface area (Å²) in [5, 5.41) is 3.10. The summed E-state index contributed by atoms with van der Waals surface area (Å²) < 4.78 is 4.90. The molecule has 1 N–H and O–H groups in total. The van der Waals surface area contributed by atoms with Gasteiger partial charge < -0.3 is 14.6 Å². The molecule has 96 valence electrons. The molecule has 0 spiro atoms. The second kappa shape index (κ2) is 6.07. The summed E-state index contributed by atoms with van der Waals surface area (Å²) in [4.78, 5) is 14.0. The summed E-state index contributed by atoms with van der Waals surface area (Å²) in [5.41, 5.74) is 0.385. The van der Waals surface area contributed by atoms with Gasteiger partial charge in [0.15, 0.2) is 0 Å². The average Bonchev–Trinajstić information content (AvgIpc) is 2.62. The van der Waals surface area contributed by atoms with Crippen LogP contribution in [0.15, 0.2) is 16.7 Å². The molecule has 1 heterocycles. The van der Waals surface area contributed by atoms with Crippen LogP contribution in [0.1, 0.15) is 24.2 Å². The van der Waals surface area contributed by atoms with Gasteiger partial charge in [-0.2, -0.15) is 0 Å². The van der Waals surface area contributed by atoms with Gasteiger partial charge in [-0.3, -0.25) is 4.79 Å².